The van der Waals surface area contributed by atoms with Crippen LogP contribution in [0.3, 0.4) is 0 Å². The minimum Gasteiger partial charge on any atom is -0.394 e. The molecule has 5 heteroatoms. The molecule has 3 N–H and O–H groups in total. The molecule has 0 amide bonds. The van der Waals surface area contributed by atoms with Crippen LogP contribution in [0.15, 0.2) is 23.3 Å². The van der Waals surface area contributed by atoms with Crippen LogP contribution in [0.25, 0.3) is 0 Å². The van der Waals surface area contributed by atoms with E-state index in [4.69, 9.17) is 15.6 Å². The number of hydrogen-bond acceptors (Lipinski definition) is 4. The second-order valence-electron chi connectivity index (χ2n) is 2.84. The highest BCUT2D eigenvalue weighted by Gasteiger charge is 1.94. The minimum absolute atomic E-state index is 0.0201. The van der Waals surface area contributed by atoms with E-state index in [0.717, 1.165) is 0 Å². The molecule has 0 bridgehead atoms. The van der Waals surface area contributed by atoms with Crippen molar-refractivity contribution in [3.05, 3.63) is 28.7 Å². The van der Waals surface area contributed by atoms with Crippen LogP contribution in [0.1, 0.15) is 0 Å². The van der Waals surface area contributed by atoms with Gasteiger partial charge < -0.3 is 20.1 Å². The fraction of sp³-hybridized carbons (Fsp3) is 0.444. The third-order valence-electron chi connectivity index (χ3n) is 1.74. The number of aromatic nitrogens is 1. The van der Waals surface area contributed by atoms with E-state index in [1.54, 1.807) is 17.0 Å². The van der Waals surface area contributed by atoms with Crippen LogP contribution in [0.2, 0.25) is 0 Å². The number of ether oxygens (including phenoxy) is 1. The van der Waals surface area contributed by atoms with E-state index in [2.05, 4.69) is 0 Å². The van der Waals surface area contributed by atoms with Gasteiger partial charge in [0.05, 0.1) is 25.5 Å². The molecule has 5 nitrogen and oxygen atoms in total. The first kappa shape index (κ1) is 10.7. The standard InChI is InChI=1S/C9H14N2O3/c10-8-7-11(2-1-9(8)13)3-5-14-6-4-12/h1-2,7,12H,3-6,10H2. The summed E-state index contributed by atoms with van der Waals surface area (Å²) in [5, 5.41) is 8.45. The molecular formula is C9H14N2O3. The summed E-state index contributed by atoms with van der Waals surface area (Å²) < 4.78 is 6.84. The highest BCUT2D eigenvalue weighted by molar-refractivity contribution is 5.33. The molecule has 1 aromatic heterocycles. The molecule has 0 aliphatic rings. The van der Waals surface area contributed by atoms with Crippen LogP contribution in [0, 0.1) is 0 Å². The van der Waals surface area contributed by atoms with Gasteiger partial charge in [-0.1, -0.05) is 0 Å². The van der Waals surface area contributed by atoms with Crippen LogP contribution < -0.4 is 11.2 Å². The second-order valence-corrected chi connectivity index (χ2v) is 2.84. The number of pyridine rings is 1. The number of anilines is 1. The lowest BCUT2D eigenvalue weighted by Crippen LogP contribution is -2.13. The summed E-state index contributed by atoms with van der Waals surface area (Å²) in [5.41, 5.74) is 5.50. The molecule has 0 unspecified atom stereocenters. The van der Waals surface area contributed by atoms with Gasteiger partial charge in [0.15, 0.2) is 0 Å². The molecule has 1 aromatic rings. The summed E-state index contributed by atoms with van der Waals surface area (Å²) in [4.78, 5) is 10.9. The molecule has 0 radical (unpaired) electrons. The lowest BCUT2D eigenvalue weighted by molar-refractivity contribution is 0.0869. The first-order valence-corrected chi connectivity index (χ1v) is 4.38. The first-order valence-electron chi connectivity index (χ1n) is 4.38. The van der Waals surface area contributed by atoms with Crippen LogP contribution in [0.5, 0.6) is 0 Å². The molecule has 0 spiro atoms. The van der Waals surface area contributed by atoms with Gasteiger partial charge in [-0.25, -0.2) is 0 Å². The lowest BCUT2D eigenvalue weighted by atomic mass is 10.4. The summed E-state index contributed by atoms with van der Waals surface area (Å²) in [6, 6.07) is 1.42. The zero-order valence-corrected chi connectivity index (χ0v) is 7.85. The van der Waals surface area contributed by atoms with Crippen molar-refractivity contribution < 1.29 is 9.84 Å². The first-order chi connectivity index (χ1) is 6.74. The second kappa shape index (κ2) is 5.41. The summed E-state index contributed by atoms with van der Waals surface area (Å²) in [6.45, 7) is 1.45. The summed E-state index contributed by atoms with van der Waals surface area (Å²) in [6.07, 6.45) is 3.23. The fourth-order valence-corrected chi connectivity index (χ4v) is 1.02. The third kappa shape index (κ3) is 3.20. The predicted molar refractivity (Wildman–Crippen MR) is 53.0 cm³/mol. The largest absolute Gasteiger partial charge is 0.394 e. The van der Waals surface area contributed by atoms with Gasteiger partial charge in [-0.05, 0) is 0 Å². The molecule has 0 saturated heterocycles. The number of rotatable bonds is 5. The Kier molecular flexibility index (Phi) is 4.15. The van der Waals surface area contributed by atoms with Crippen molar-refractivity contribution in [2.45, 2.75) is 6.54 Å². The normalized spacial score (nSPS) is 10.4. The van der Waals surface area contributed by atoms with E-state index < -0.39 is 0 Å². The summed E-state index contributed by atoms with van der Waals surface area (Å²) in [7, 11) is 0. The molecule has 78 valence electrons. The van der Waals surface area contributed by atoms with Gasteiger partial charge in [-0.15, -0.1) is 0 Å². The van der Waals surface area contributed by atoms with E-state index in [9.17, 15) is 4.79 Å². The molecule has 0 aliphatic heterocycles. The van der Waals surface area contributed by atoms with E-state index in [0.29, 0.717) is 19.8 Å². The van der Waals surface area contributed by atoms with Gasteiger partial charge in [0.1, 0.15) is 0 Å². The number of nitrogens with zero attached hydrogens (tertiary/aromatic N) is 1. The highest BCUT2D eigenvalue weighted by atomic mass is 16.5. The maximum Gasteiger partial charge on any atom is 0.204 e. The number of nitrogen functional groups attached to an aromatic ring is 1. The smallest absolute Gasteiger partial charge is 0.204 e. The van der Waals surface area contributed by atoms with E-state index in [1.165, 1.54) is 6.07 Å². The van der Waals surface area contributed by atoms with E-state index >= 15 is 0 Å². The molecule has 0 aromatic carbocycles. The topological polar surface area (TPSA) is 77.5 Å². The van der Waals surface area contributed by atoms with Crippen molar-refractivity contribution in [2.75, 3.05) is 25.6 Å². The molecule has 0 saturated carbocycles. The van der Waals surface area contributed by atoms with Gasteiger partial charge >= 0.3 is 0 Å². The van der Waals surface area contributed by atoms with Crippen molar-refractivity contribution in [1.29, 1.82) is 0 Å². The summed E-state index contributed by atoms with van der Waals surface area (Å²) in [5.74, 6) is 0. The molecule has 1 heterocycles. The lowest BCUT2D eigenvalue weighted by Gasteiger charge is -2.06. The zero-order chi connectivity index (χ0) is 10.4. The molecule has 0 atom stereocenters. The maximum atomic E-state index is 10.9. The highest BCUT2D eigenvalue weighted by Crippen LogP contribution is 1.93. The zero-order valence-electron chi connectivity index (χ0n) is 7.85. The fourth-order valence-electron chi connectivity index (χ4n) is 1.02. The SMILES string of the molecule is Nc1cn(CCOCCO)ccc1=O. The van der Waals surface area contributed by atoms with Crippen molar-refractivity contribution in [3.63, 3.8) is 0 Å². The Bertz CT molecular complexity index is 335. The van der Waals surface area contributed by atoms with Crippen molar-refractivity contribution in [2.24, 2.45) is 0 Å². The number of aliphatic hydroxyl groups excluding tert-OH is 1. The Morgan fingerprint density at radius 1 is 1.50 bits per heavy atom. The molecule has 0 aliphatic carbocycles. The summed E-state index contributed by atoms with van der Waals surface area (Å²) >= 11 is 0. The average molecular weight is 198 g/mol. The van der Waals surface area contributed by atoms with Crippen molar-refractivity contribution >= 4 is 5.69 Å². The predicted octanol–water partition coefficient (Wildman–Crippen LogP) is -0.561. The number of nitrogens with two attached hydrogens (primary N) is 1. The molecule has 1 rings (SSSR count). The van der Waals surface area contributed by atoms with Gasteiger partial charge in [0.2, 0.25) is 5.43 Å². The van der Waals surface area contributed by atoms with Crippen LogP contribution in [0.4, 0.5) is 5.69 Å². The van der Waals surface area contributed by atoms with E-state index in [1.807, 2.05) is 0 Å². The Morgan fingerprint density at radius 3 is 2.93 bits per heavy atom. The quantitative estimate of drug-likeness (QED) is 0.622. The molecule has 14 heavy (non-hydrogen) atoms. The van der Waals surface area contributed by atoms with Gasteiger partial charge in [-0.3, -0.25) is 4.79 Å². The van der Waals surface area contributed by atoms with Crippen molar-refractivity contribution in [1.82, 2.24) is 4.57 Å². The van der Waals surface area contributed by atoms with Crippen LogP contribution >= 0.6 is 0 Å². The molecule has 0 fully saturated rings. The Morgan fingerprint density at radius 2 is 2.29 bits per heavy atom. The molecular weight excluding hydrogens is 184 g/mol. The van der Waals surface area contributed by atoms with Crippen molar-refractivity contribution in [3.8, 4) is 0 Å². The Hall–Kier alpha value is -1.33. The number of hydrogen-bond donors (Lipinski definition) is 2. The third-order valence-corrected chi connectivity index (χ3v) is 1.74. The van der Waals surface area contributed by atoms with Gasteiger partial charge in [0, 0.05) is 25.0 Å². The maximum absolute atomic E-state index is 10.9. The van der Waals surface area contributed by atoms with Crippen LogP contribution in [-0.4, -0.2) is 29.5 Å². The van der Waals surface area contributed by atoms with Crippen LogP contribution in [-0.2, 0) is 11.3 Å². The Balaban J connectivity index is 2.43. The Labute approximate surface area is 81.7 Å². The minimum atomic E-state index is -0.169. The van der Waals surface area contributed by atoms with Gasteiger partial charge in [0.25, 0.3) is 0 Å². The average Bonchev–Trinajstić information content (AvgIpc) is 2.18. The van der Waals surface area contributed by atoms with E-state index in [-0.39, 0.29) is 17.7 Å². The monoisotopic (exact) mass is 198 g/mol. The number of aliphatic hydroxyl groups is 1. The van der Waals surface area contributed by atoms with Gasteiger partial charge in [-0.2, -0.15) is 0 Å².